The Morgan fingerprint density at radius 2 is 0.833 bits per heavy atom. The summed E-state index contributed by atoms with van der Waals surface area (Å²) in [4.78, 5) is 13.3. The summed E-state index contributed by atoms with van der Waals surface area (Å²) in [5.41, 5.74) is 0. The molecule has 0 saturated carbocycles. The van der Waals surface area contributed by atoms with Crippen LogP contribution in [0.5, 0.6) is 0 Å². The maximum absolute atomic E-state index is 13.3. The molecule has 3 saturated heterocycles. The smallest absolute Gasteiger partial charge is 0.220 e. The van der Waals surface area contributed by atoms with E-state index in [0.717, 1.165) is 57.8 Å². The van der Waals surface area contributed by atoms with Crippen LogP contribution in [0.3, 0.4) is 0 Å². The van der Waals surface area contributed by atoms with Crippen molar-refractivity contribution in [2.24, 2.45) is 0 Å². The molecule has 456 valence electrons. The van der Waals surface area contributed by atoms with Gasteiger partial charge in [0, 0.05) is 6.42 Å². The van der Waals surface area contributed by atoms with E-state index < -0.39 is 124 Å². The van der Waals surface area contributed by atoms with Gasteiger partial charge in [0.2, 0.25) is 5.91 Å². The van der Waals surface area contributed by atoms with Crippen LogP contribution in [0.1, 0.15) is 200 Å². The van der Waals surface area contributed by atoms with Gasteiger partial charge in [-0.2, -0.15) is 0 Å². The van der Waals surface area contributed by atoms with E-state index in [9.17, 15) is 61.0 Å². The number of nitrogens with one attached hydrogen (secondary N) is 1. The number of aliphatic hydroxyl groups is 11. The van der Waals surface area contributed by atoms with Crippen molar-refractivity contribution in [1.82, 2.24) is 5.32 Å². The Kier molecular flexibility index (Phi) is 38.5. The normalized spacial score (nSPS) is 30.7. The van der Waals surface area contributed by atoms with Crippen molar-refractivity contribution in [2.45, 2.75) is 304 Å². The quantitative estimate of drug-likeness (QED) is 0.0271. The van der Waals surface area contributed by atoms with Crippen LogP contribution in [-0.2, 0) is 33.2 Å². The van der Waals surface area contributed by atoms with Gasteiger partial charge < -0.3 is 89.9 Å². The number of unbranched alkanes of at least 4 members (excludes halogenated alkanes) is 24. The molecular formula is C59H107NO18. The summed E-state index contributed by atoms with van der Waals surface area (Å²) in [6, 6.07) is -0.992. The van der Waals surface area contributed by atoms with Gasteiger partial charge in [-0.25, -0.2) is 0 Å². The van der Waals surface area contributed by atoms with Crippen molar-refractivity contribution in [3.05, 3.63) is 36.5 Å². The summed E-state index contributed by atoms with van der Waals surface area (Å²) >= 11 is 0. The lowest BCUT2D eigenvalue weighted by atomic mass is 9.96. The molecule has 3 aliphatic heterocycles. The maximum atomic E-state index is 13.3. The summed E-state index contributed by atoms with van der Waals surface area (Å²) in [7, 11) is 0. The van der Waals surface area contributed by atoms with E-state index in [1.54, 1.807) is 6.08 Å². The van der Waals surface area contributed by atoms with Crippen LogP contribution in [0.15, 0.2) is 36.5 Å². The maximum Gasteiger partial charge on any atom is 0.220 e. The largest absolute Gasteiger partial charge is 0.394 e. The molecule has 0 radical (unpaired) electrons. The minimum Gasteiger partial charge on any atom is -0.394 e. The number of amides is 1. The predicted molar refractivity (Wildman–Crippen MR) is 296 cm³/mol. The SMILES string of the molecule is CCCC/C=C\CCCCCCCC(=O)NC(COC1OC(CO)C(OC2OC(CO)C(OC3OC(CO)C(O)C(O)C3O)C(O)C2O)C(O)C1O)C(O)/C=C/CC/C=C/CCCCCCCCCCCCCCCCCC. The Morgan fingerprint density at radius 3 is 1.32 bits per heavy atom. The highest BCUT2D eigenvalue weighted by Gasteiger charge is 2.53. The summed E-state index contributed by atoms with van der Waals surface area (Å²) in [5.74, 6) is -0.297. The van der Waals surface area contributed by atoms with Gasteiger partial charge in [-0.15, -0.1) is 0 Å². The van der Waals surface area contributed by atoms with Gasteiger partial charge in [0.05, 0.1) is 38.6 Å². The van der Waals surface area contributed by atoms with Gasteiger partial charge in [0.1, 0.15) is 73.2 Å². The molecule has 3 fully saturated rings. The minimum atomic E-state index is -1.98. The van der Waals surface area contributed by atoms with Crippen LogP contribution in [-0.4, -0.2) is 193 Å². The second-order valence-electron chi connectivity index (χ2n) is 21.8. The molecule has 17 atom stereocenters. The molecule has 0 bridgehead atoms. The van der Waals surface area contributed by atoms with Crippen molar-refractivity contribution in [2.75, 3.05) is 26.4 Å². The first-order valence-corrected chi connectivity index (χ1v) is 30.2. The molecule has 78 heavy (non-hydrogen) atoms. The third kappa shape index (κ3) is 26.5. The van der Waals surface area contributed by atoms with Crippen molar-refractivity contribution in [3.63, 3.8) is 0 Å². The molecule has 0 aromatic heterocycles. The Labute approximate surface area is 466 Å². The monoisotopic (exact) mass is 1120 g/mol. The molecule has 3 heterocycles. The molecule has 12 N–H and O–H groups in total. The van der Waals surface area contributed by atoms with Crippen LogP contribution in [0, 0.1) is 0 Å². The Morgan fingerprint density at radius 1 is 0.449 bits per heavy atom. The van der Waals surface area contributed by atoms with Crippen LogP contribution < -0.4 is 5.32 Å². The van der Waals surface area contributed by atoms with Crippen LogP contribution in [0.25, 0.3) is 0 Å². The number of carbonyl (C=O) groups is 1. The average Bonchev–Trinajstić information content (AvgIpc) is 3.46. The van der Waals surface area contributed by atoms with Gasteiger partial charge >= 0.3 is 0 Å². The van der Waals surface area contributed by atoms with Gasteiger partial charge in [-0.1, -0.05) is 179 Å². The predicted octanol–water partition coefficient (Wildman–Crippen LogP) is 5.32. The molecular weight excluding hydrogens is 1010 g/mol. The van der Waals surface area contributed by atoms with E-state index in [4.69, 9.17) is 28.4 Å². The van der Waals surface area contributed by atoms with Crippen LogP contribution in [0.2, 0.25) is 0 Å². The molecule has 0 aromatic carbocycles. The molecule has 0 spiro atoms. The fraction of sp³-hybridized carbons (Fsp3) is 0.881. The Balaban J connectivity index is 1.49. The van der Waals surface area contributed by atoms with E-state index >= 15 is 0 Å². The lowest BCUT2D eigenvalue weighted by Crippen LogP contribution is -2.66. The Bertz CT molecular complexity index is 1570. The topological polar surface area (TPSA) is 307 Å². The fourth-order valence-corrected chi connectivity index (χ4v) is 10.1. The third-order valence-corrected chi connectivity index (χ3v) is 15.2. The van der Waals surface area contributed by atoms with Crippen LogP contribution >= 0.6 is 0 Å². The standard InChI is InChI=1S/C59H107NO18/c1-3-5-7-9-11-13-15-16-17-18-19-20-21-22-23-24-25-27-28-30-32-34-36-43(64)42(60-47(65)37-35-33-31-29-26-14-12-10-8-6-4-2)41-73-57-53(71)50(68)55(45(39-62)75-57)78-59-54(72)51(69)56(46(40-63)76-59)77-58-52(70)49(67)48(66)44(38-61)74-58/h10,12,27-28,34,36,42-46,48-59,61-64,66-72H,3-9,11,13-26,29-33,35,37-41H2,1-2H3,(H,60,65)/b12-10-,28-27+,36-34+. The highest BCUT2D eigenvalue weighted by molar-refractivity contribution is 5.76. The van der Waals surface area contributed by atoms with E-state index in [2.05, 4.69) is 43.5 Å². The molecule has 3 rings (SSSR count). The number of hydrogen-bond acceptors (Lipinski definition) is 18. The number of aliphatic hydroxyl groups excluding tert-OH is 11. The first kappa shape index (κ1) is 70.3. The molecule has 3 aliphatic rings. The van der Waals surface area contributed by atoms with E-state index in [1.165, 1.54) is 109 Å². The third-order valence-electron chi connectivity index (χ3n) is 15.2. The number of carbonyl (C=O) groups excluding carboxylic acids is 1. The lowest BCUT2D eigenvalue weighted by molar-refractivity contribution is -0.379. The first-order chi connectivity index (χ1) is 37.8. The second kappa shape index (κ2) is 42.8. The van der Waals surface area contributed by atoms with Crippen molar-refractivity contribution in [1.29, 1.82) is 0 Å². The summed E-state index contributed by atoms with van der Waals surface area (Å²) in [6.45, 7) is 1.65. The molecule has 19 nitrogen and oxygen atoms in total. The van der Waals surface area contributed by atoms with Gasteiger partial charge in [0.25, 0.3) is 0 Å². The highest BCUT2D eigenvalue weighted by Crippen LogP contribution is 2.33. The summed E-state index contributed by atoms with van der Waals surface area (Å²) < 4.78 is 34.2. The summed E-state index contributed by atoms with van der Waals surface area (Å²) in [5, 5.41) is 120. The van der Waals surface area contributed by atoms with E-state index in [-0.39, 0.29) is 18.9 Å². The van der Waals surface area contributed by atoms with Crippen molar-refractivity contribution < 1.29 is 89.4 Å². The molecule has 19 heteroatoms. The fourth-order valence-electron chi connectivity index (χ4n) is 10.1. The molecule has 1 amide bonds. The van der Waals surface area contributed by atoms with Crippen molar-refractivity contribution in [3.8, 4) is 0 Å². The zero-order chi connectivity index (χ0) is 56.9. The number of ether oxygens (including phenoxy) is 6. The van der Waals surface area contributed by atoms with Crippen LogP contribution in [0.4, 0.5) is 0 Å². The van der Waals surface area contributed by atoms with E-state index in [1.807, 2.05) is 6.08 Å². The van der Waals surface area contributed by atoms with Crippen molar-refractivity contribution >= 4 is 5.91 Å². The zero-order valence-corrected chi connectivity index (χ0v) is 47.4. The molecule has 17 unspecified atom stereocenters. The molecule has 0 aromatic rings. The second-order valence-corrected chi connectivity index (χ2v) is 21.8. The zero-order valence-electron chi connectivity index (χ0n) is 47.4. The Hall–Kier alpha value is -1.99. The minimum absolute atomic E-state index is 0.225. The number of allylic oxidation sites excluding steroid dienone is 5. The number of rotatable bonds is 44. The van der Waals surface area contributed by atoms with Gasteiger partial charge in [0.15, 0.2) is 18.9 Å². The highest BCUT2D eigenvalue weighted by atomic mass is 16.8. The van der Waals surface area contributed by atoms with Gasteiger partial charge in [-0.3, -0.25) is 4.79 Å². The van der Waals surface area contributed by atoms with E-state index in [0.29, 0.717) is 12.8 Å². The average molecular weight is 1120 g/mol. The lowest BCUT2D eigenvalue weighted by Gasteiger charge is -2.48. The number of hydrogen-bond donors (Lipinski definition) is 12. The van der Waals surface area contributed by atoms with Gasteiger partial charge in [-0.05, 0) is 51.4 Å². The summed E-state index contributed by atoms with van der Waals surface area (Å²) in [6.07, 6.45) is 18.6. The first-order valence-electron chi connectivity index (χ1n) is 30.2. The molecule has 0 aliphatic carbocycles.